The molecule has 1 heterocycles. The fraction of sp³-hybridized carbons (Fsp3) is 0.471. The number of aromatic amines is 1. The van der Waals surface area contributed by atoms with E-state index < -0.39 is 16.4 Å². The number of aliphatic hydroxyl groups excluding tert-OH is 1. The molecule has 7 heteroatoms. The van der Waals surface area contributed by atoms with Gasteiger partial charge in [-0.3, -0.25) is 14.9 Å². The van der Waals surface area contributed by atoms with Gasteiger partial charge in [-0.1, -0.05) is 27.7 Å². The molecule has 1 amide bonds. The fourth-order valence-electron chi connectivity index (χ4n) is 2.82. The second-order valence-electron chi connectivity index (χ2n) is 7.05. The molecule has 0 fully saturated rings. The van der Waals surface area contributed by atoms with E-state index in [4.69, 9.17) is 0 Å². The molecule has 0 spiro atoms. The lowest BCUT2D eigenvalue weighted by Crippen LogP contribution is -2.43. The first-order chi connectivity index (χ1) is 11.1. The Morgan fingerprint density at radius 1 is 1.42 bits per heavy atom. The Labute approximate surface area is 140 Å². The minimum absolute atomic E-state index is 0.0632. The lowest BCUT2D eigenvalue weighted by atomic mass is 9.80. The number of nitrogens with zero attached hydrogens (tertiary/aromatic N) is 1. The van der Waals surface area contributed by atoms with Gasteiger partial charge in [0.2, 0.25) is 0 Å². The van der Waals surface area contributed by atoms with E-state index in [1.165, 1.54) is 18.3 Å². The first kappa shape index (κ1) is 17.9. The van der Waals surface area contributed by atoms with Crippen LogP contribution in [-0.4, -0.2) is 33.6 Å². The first-order valence-electron chi connectivity index (χ1n) is 7.85. The number of nitro benzene ring substituents is 1. The summed E-state index contributed by atoms with van der Waals surface area (Å²) in [5.74, 6) is -0.251. The number of aromatic nitrogens is 1. The number of amides is 1. The number of hydrogen-bond donors (Lipinski definition) is 3. The van der Waals surface area contributed by atoms with Crippen LogP contribution in [0.3, 0.4) is 0 Å². The zero-order chi connectivity index (χ0) is 18.1. The Morgan fingerprint density at radius 2 is 2.08 bits per heavy atom. The average molecular weight is 333 g/mol. The van der Waals surface area contributed by atoms with Crippen LogP contribution in [0.2, 0.25) is 0 Å². The molecule has 0 radical (unpaired) electrons. The Balaban J connectivity index is 2.20. The second-order valence-corrected chi connectivity index (χ2v) is 7.05. The third-order valence-corrected chi connectivity index (χ3v) is 4.26. The van der Waals surface area contributed by atoms with E-state index in [0.717, 1.165) is 0 Å². The van der Waals surface area contributed by atoms with Gasteiger partial charge >= 0.3 is 0 Å². The standard InChI is InChI=1S/C17H23N3O4/c1-10(2)15(21)17(3,4)9-19-16(22)13-8-18-14-6-5-11(20(23)24)7-12(13)14/h5-8,10,15,18,21H,9H2,1-4H3,(H,19,22). The van der Waals surface area contributed by atoms with Crippen LogP contribution in [0.15, 0.2) is 24.4 Å². The molecule has 0 bridgehead atoms. The normalized spacial score (nSPS) is 13.2. The van der Waals surface area contributed by atoms with Gasteiger partial charge in [-0.25, -0.2) is 0 Å². The predicted molar refractivity (Wildman–Crippen MR) is 91.9 cm³/mol. The maximum Gasteiger partial charge on any atom is 0.270 e. The maximum atomic E-state index is 12.5. The molecule has 24 heavy (non-hydrogen) atoms. The molecule has 1 unspecified atom stereocenters. The number of aliphatic hydroxyl groups is 1. The van der Waals surface area contributed by atoms with Crippen LogP contribution < -0.4 is 5.32 Å². The van der Waals surface area contributed by atoms with E-state index in [2.05, 4.69) is 10.3 Å². The summed E-state index contributed by atoms with van der Waals surface area (Å²) in [4.78, 5) is 25.8. The fourth-order valence-corrected chi connectivity index (χ4v) is 2.82. The van der Waals surface area contributed by atoms with Gasteiger partial charge in [-0.05, 0) is 12.0 Å². The molecule has 0 saturated carbocycles. The molecule has 7 nitrogen and oxygen atoms in total. The molecule has 1 atom stereocenters. The number of non-ortho nitro benzene ring substituents is 1. The summed E-state index contributed by atoms with van der Waals surface area (Å²) in [6, 6.07) is 4.36. The summed E-state index contributed by atoms with van der Waals surface area (Å²) in [6.45, 7) is 7.92. The Bertz CT molecular complexity index is 764. The minimum atomic E-state index is -0.554. The van der Waals surface area contributed by atoms with Crippen molar-refractivity contribution in [1.29, 1.82) is 0 Å². The molecule has 0 aliphatic heterocycles. The van der Waals surface area contributed by atoms with Gasteiger partial charge in [0, 0.05) is 41.2 Å². The van der Waals surface area contributed by atoms with Crippen molar-refractivity contribution in [1.82, 2.24) is 10.3 Å². The number of H-pyrrole nitrogens is 1. The van der Waals surface area contributed by atoms with Crippen LogP contribution in [0.25, 0.3) is 10.9 Å². The average Bonchev–Trinajstić information content (AvgIpc) is 2.94. The SMILES string of the molecule is CC(C)C(O)C(C)(C)CNC(=O)c1c[nH]c2ccc([N+](=O)[O-])cc12. The number of carbonyl (C=O) groups is 1. The van der Waals surface area contributed by atoms with Gasteiger partial charge in [0.25, 0.3) is 11.6 Å². The monoisotopic (exact) mass is 333 g/mol. The zero-order valence-electron chi connectivity index (χ0n) is 14.3. The van der Waals surface area contributed by atoms with Crippen molar-refractivity contribution in [2.45, 2.75) is 33.8 Å². The van der Waals surface area contributed by atoms with Crippen LogP contribution in [0.1, 0.15) is 38.1 Å². The van der Waals surface area contributed by atoms with Crippen LogP contribution in [0, 0.1) is 21.4 Å². The Kier molecular flexibility index (Phi) is 4.94. The second kappa shape index (κ2) is 6.60. The minimum Gasteiger partial charge on any atom is -0.392 e. The van der Waals surface area contributed by atoms with Gasteiger partial charge in [0.05, 0.1) is 16.6 Å². The van der Waals surface area contributed by atoms with E-state index >= 15 is 0 Å². The molecular formula is C17H23N3O4. The largest absolute Gasteiger partial charge is 0.392 e. The number of carbonyl (C=O) groups excluding carboxylic acids is 1. The maximum absolute atomic E-state index is 12.5. The molecule has 0 saturated heterocycles. The number of benzene rings is 1. The van der Waals surface area contributed by atoms with Crippen molar-refractivity contribution in [2.24, 2.45) is 11.3 Å². The lowest BCUT2D eigenvalue weighted by molar-refractivity contribution is -0.384. The van der Waals surface area contributed by atoms with Gasteiger partial charge in [0.15, 0.2) is 0 Å². The van der Waals surface area contributed by atoms with Crippen LogP contribution >= 0.6 is 0 Å². The molecular weight excluding hydrogens is 310 g/mol. The van der Waals surface area contributed by atoms with Crippen molar-refractivity contribution >= 4 is 22.5 Å². The first-order valence-corrected chi connectivity index (χ1v) is 7.85. The quantitative estimate of drug-likeness (QED) is 0.558. The molecule has 1 aromatic heterocycles. The van der Waals surface area contributed by atoms with Crippen molar-refractivity contribution in [2.75, 3.05) is 6.54 Å². The van der Waals surface area contributed by atoms with Crippen molar-refractivity contribution < 1.29 is 14.8 Å². The van der Waals surface area contributed by atoms with Gasteiger partial charge in [-0.2, -0.15) is 0 Å². The van der Waals surface area contributed by atoms with E-state index in [1.54, 1.807) is 6.07 Å². The number of nitro groups is 1. The van der Waals surface area contributed by atoms with Crippen molar-refractivity contribution in [3.05, 3.63) is 40.1 Å². The zero-order valence-corrected chi connectivity index (χ0v) is 14.3. The summed E-state index contributed by atoms with van der Waals surface area (Å²) < 4.78 is 0. The number of hydrogen-bond acceptors (Lipinski definition) is 4. The van der Waals surface area contributed by atoms with Gasteiger partial charge in [0.1, 0.15) is 0 Å². The summed E-state index contributed by atoms with van der Waals surface area (Å²) in [6.07, 6.45) is 0.983. The highest BCUT2D eigenvalue weighted by Crippen LogP contribution is 2.26. The highest BCUT2D eigenvalue weighted by Gasteiger charge is 2.30. The summed E-state index contributed by atoms with van der Waals surface area (Å²) in [5.41, 5.74) is 0.463. The van der Waals surface area contributed by atoms with Crippen LogP contribution in [0.4, 0.5) is 5.69 Å². The van der Waals surface area contributed by atoms with Gasteiger partial charge in [-0.15, -0.1) is 0 Å². The number of nitrogens with one attached hydrogen (secondary N) is 2. The van der Waals surface area contributed by atoms with E-state index in [-0.39, 0.29) is 17.5 Å². The third kappa shape index (κ3) is 3.56. The van der Waals surface area contributed by atoms with Crippen molar-refractivity contribution in [3.63, 3.8) is 0 Å². The molecule has 2 aromatic rings. The molecule has 130 valence electrons. The highest BCUT2D eigenvalue weighted by molar-refractivity contribution is 6.07. The molecule has 3 N–H and O–H groups in total. The highest BCUT2D eigenvalue weighted by atomic mass is 16.6. The Hall–Kier alpha value is -2.41. The van der Waals surface area contributed by atoms with Crippen LogP contribution in [0.5, 0.6) is 0 Å². The predicted octanol–water partition coefficient (Wildman–Crippen LogP) is 2.85. The number of fused-ring (bicyclic) bond motifs is 1. The van der Waals surface area contributed by atoms with E-state index in [9.17, 15) is 20.0 Å². The summed E-state index contributed by atoms with van der Waals surface area (Å²) >= 11 is 0. The van der Waals surface area contributed by atoms with Gasteiger partial charge < -0.3 is 15.4 Å². The van der Waals surface area contributed by atoms with E-state index in [0.29, 0.717) is 23.0 Å². The van der Waals surface area contributed by atoms with Crippen LogP contribution in [-0.2, 0) is 0 Å². The summed E-state index contributed by atoms with van der Waals surface area (Å²) in [7, 11) is 0. The lowest BCUT2D eigenvalue weighted by Gasteiger charge is -2.33. The smallest absolute Gasteiger partial charge is 0.270 e. The third-order valence-electron chi connectivity index (χ3n) is 4.26. The molecule has 0 aliphatic rings. The molecule has 1 aromatic carbocycles. The number of rotatable bonds is 6. The Morgan fingerprint density at radius 3 is 2.67 bits per heavy atom. The summed E-state index contributed by atoms with van der Waals surface area (Å²) in [5, 5.41) is 24.5. The molecule has 0 aliphatic carbocycles. The van der Waals surface area contributed by atoms with E-state index in [1.807, 2.05) is 27.7 Å². The van der Waals surface area contributed by atoms with Crippen molar-refractivity contribution in [3.8, 4) is 0 Å². The topological polar surface area (TPSA) is 108 Å². The molecule has 2 rings (SSSR count).